The zero-order valence-electron chi connectivity index (χ0n) is 15.0. The van der Waals surface area contributed by atoms with Crippen molar-refractivity contribution in [2.24, 2.45) is 17.3 Å². The minimum atomic E-state index is -0.687. The van der Waals surface area contributed by atoms with Crippen LogP contribution in [0.3, 0.4) is 0 Å². The molecule has 2 fully saturated rings. The molecule has 1 aromatic carbocycles. The van der Waals surface area contributed by atoms with Crippen LogP contribution in [0, 0.1) is 17.3 Å². The van der Waals surface area contributed by atoms with Crippen molar-refractivity contribution in [2.75, 3.05) is 19.7 Å². The zero-order chi connectivity index (χ0) is 18.0. The second-order valence-corrected chi connectivity index (χ2v) is 7.80. The largest absolute Gasteiger partial charge is 0.494 e. The predicted molar refractivity (Wildman–Crippen MR) is 94.7 cm³/mol. The number of hydrogen-bond acceptors (Lipinski definition) is 3. The monoisotopic (exact) mass is 345 g/mol. The SMILES string of the molecule is CC(C)CCOc1ccc(C(=O)N2CCC3(CC2)CC3C(=O)O)cc1. The minimum absolute atomic E-state index is 0.0242. The maximum absolute atomic E-state index is 12.6. The van der Waals surface area contributed by atoms with Crippen LogP contribution in [0.5, 0.6) is 5.75 Å². The molecule has 1 saturated heterocycles. The molecule has 1 amide bonds. The van der Waals surface area contributed by atoms with Gasteiger partial charge in [-0.2, -0.15) is 0 Å². The first-order valence-electron chi connectivity index (χ1n) is 9.16. The van der Waals surface area contributed by atoms with Crippen molar-refractivity contribution in [3.05, 3.63) is 29.8 Å². The topological polar surface area (TPSA) is 66.8 Å². The van der Waals surface area contributed by atoms with Gasteiger partial charge in [0.2, 0.25) is 0 Å². The lowest BCUT2D eigenvalue weighted by molar-refractivity contribution is -0.139. The number of benzene rings is 1. The van der Waals surface area contributed by atoms with Crippen LogP contribution >= 0.6 is 0 Å². The summed E-state index contributed by atoms with van der Waals surface area (Å²) in [5.74, 6) is 0.531. The van der Waals surface area contributed by atoms with Crippen LogP contribution in [-0.4, -0.2) is 41.6 Å². The Hall–Kier alpha value is -2.04. The molecule has 5 nitrogen and oxygen atoms in total. The summed E-state index contributed by atoms with van der Waals surface area (Å²) < 4.78 is 5.69. The summed E-state index contributed by atoms with van der Waals surface area (Å²) in [7, 11) is 0. The standard InChI is InChI=1S/C20H27NO4/c1-14(2)7-12-25-16-5-3-15(4-6-16)18(22)21-10-8-20(9-11-21)13-17(20)19(23)24/h3-6,14,17H,7-13H2,1-2H3,(H,23,24). The smallest absolute Gasteiger partial charge is 0.307 e. The van der Waals surface area contributed by atoms with Crippen LogP contribution in [0.25, 0.3) is 0 Å². The summed E-state index contributed by atoms with van der Waals surface area (Å²) in [5.41, 5.74) is 0.620. The Morgan fingerprint density at radius 3 is 2.40 bits per heavy atom. The van der Waals surface area contributed by atoms with Gasteiger partial charge in [0.15, 0.2) is 0 Å². The molecule has 1 aromatic rings. The van der Waals surface area contributed by atoms with Gasteiger partial charge in [0.1, 0.15) is 5.75 Å². The van der Waals surface area contributed by atoms with Crippen LogP contribution in [-0.2, 0) is 4.79 Å². The number of ether oxygens (including phenoxy) is 1. The first-order valence-corrected chi connectivity index (χ1v) is 9.16. The van der Waals surface area contributed by atoms with Crippen molar-refractivity contribution in [3.63, 3.8) is 0 Å². The molecule has 136 valence electrons. The number of likely N-dealkylation sites (tertiary alicyclic amines) is 1. The number of carboxylic acid groups (broad SMARTS) is 1. The van der Waals surface area contributed by atoms with Gasteiger partial charge in [0, 0.05) is 18.7 Å². The summed E-state index contributed by atoms with van der Waals surface area (Å²) in [6.07, 6.45) is 3.37. The van der Waals surface area contributed by atoms with Crippen LogP contribution in [0.4, 0.5) is 0 Å². The van der Waals surface area contributed by atoms with E-state index in [0.29, 0.717) is 31.2 Å². The molecule has 1 atom stereocenters. The van der Waals surface area contributed by atoms with E-state index >= 15 is 0 Å². The molecule has 1 aliphatic carbocycles. The molecule has 1 heterocycles. The molecule has 1 unspecified atom stereocenters. The van der Waals surface area contributed by atoms with Crippen molar-refractivity contribution < 1.29 is 19.4 Å². The number of nitrogens with zero attached hydrogens (tertiary/aromatic N) is 1. The number of aliphatic carboxylic acids is 1. The molecule has 1 aliphatic heterocycles. The Kier molecular flexibility index (Phi) is 5.02. The van der Waals surface area contributed by atoms with Gasteiger partial charge < -0.3 is 14.7 Å². The van der Waals surface area contributed by atoms with Crippen molar-refractivity contribution in [1.82, 2.24) is 4.90 Å². The lowest BCUT2D eigenvalue weighted by Crippen LogP contribution is -2.40. The van der Waals surface area contributed by atoms with E-state index in [4.69, 9.17) is 9.84 Å². The van der Waals surface area contributed by atoms with E-state index in [9.17, 15) is 9.59 Å². The second-order valence-electron chi connectivity index (χ2n) is 7.80. The highest BCUT2D eigenvalue weighted by molar-refractivity contribution is 5.94. The third-order valence-corrected chi connectivity index (χ3v) is 5.60. The number of hydrogen-bond donors (Lipinski definition) is 1. The van der Waals surface area contributed by atoms with E-state index in [1.165, 1.54) is 0 Å². The van der Waals surface area contributed by atoms with E-state index in [1.807, 2.05) is 29.2 Å². The van der Waals surface area contributed by atoms with Gasteiger partial charge in [-0.1, -0.05) is 13.8 Å². The highest BCUT2D eigenvalue weighted by Gasteiger charge is 2.59. The van der Waals surface area contributed by atoms with Gasteiger partial charge in [0.25, 0.3) is 5.91 Å². The van der Waals surface area contributed by atoms with E-state index < -0.39 is 5.97 Å². The van der Waals surface area contributed by atoms with Gasteiger partial charge in [0.05, 0.1) is 12.5 Å². The van der Waals surface area contributed by atoms with Crippen LogP contribution < -0.4 is 4.74 Å². The predicted octanol–water partition coefficient (Wildman–Crippen LogP) is 3.44. The molecule has 2 aliphatic rings. The number of rotatable bonds is 6. The summed E-state index contributed by atoms with van der Waals surface area (Å²) in [4.78, 5) is 25.6. The second kappa shape index (κ2) is 7.06. The molecule has 0 radical (unpaired) electrons. The normalized spacial score (nSPS) is 21.4. The Labute approximate surface area is 149 Å². The highest BCUT2D eigenvalue weighted by atomic mass is 16.5. The van der Waals surface area contributed by atoms with E-state index in [-0.39, 0.29) is 17.2 Å². The Morgan fingerprint density at radius 2 is 1.88 bits per heavy atom. The van der Waals surface area contributed by atoms with Crippen molar-refractivity contribution in [2.45, 2.75) is 39.5 Å². The fourth-order valence-corrected chi connectivity index (χ4v) is 3.69. The Balaban J connectivity index is 1.51. The van der Waals surface area contributed by atoms with Gasteiger partial charge in [-0.15, -0.1) is 0 Å². The molecule has 0 bridgehead atoms. The van der Waals surface area contributed by atoms with E-state index in [2.05, 4.69) is 13.8 Å². The van der Waals surface area contributed by atoms with Crippen molar-refractivity contribution >= 4 is 11.9 Å². The summed E-state index contributed by atoms with van der Waals surface area (Å²) in [5, 5.41) is 9.15. The summed E-state index contributed by atoms with van der Waals surface area (Å²) in [6, 6.07) is 7.32. The molecular weight excluding hydrogens is 318 g/mol. The first kappa shape index (κ1) is 17.8. The van der Waals surface area contributed by atoms with Crippen molar-refractivity contribution in [1.29, 1.82) is 0 Å². The first-order chi connectivity index (χ1) is 11.9. The molecule has 1 spiro atoms. The Morgan fingerprint density at radius 1 is 1.24 bits per heavy atom. The number of carboxylic acids is 1. The molecular formula is C20H27NO4. The average molecular weight is 345 g/mol. The summed E-state index contributed by atoms with van der Waals surface area (Å²) in [6.45, 7) is 6.30. The van der Waals surface area contributed by atoms with E-state index in [1.54, 1.807) is 0 Å². The molecule has 3 rings (SSSR count). The van der Waals surface area contributed by atoms with Crippen molar-refractivity contribution in [3.8, 4) is 5.75 Å². The van der Waals surface area contributed by atoms with Gasteiger partial charge >= 0.3 is 5.97 Å². The van der Waals surface area contributed by atoms with Crippen LogP contribution in [0.15, 0.2) is 24.3 Å². The van der Waals surface area contributed by atoms with Gasteiger partial charge in [-0.25, -0.2) is 0 Å². The molecule has 25 heavy (non-hydrogen) atoms. The number of piperidine rings is 1. The zero-order valence-corrected chi connectivity index (χ0v) is 15.0. The molecule has 5 heteroatoms. The fraction of sp³-hybridized carbons (Fsp3) is 0.600. The van der Waals surface area contributed by atoms with Crippen LogP contribution in [0.2, 0.25) is 0 Å². The maximum Gasteiger partial charge on any atom is 0.307 e. The third kappa shape index (κ3) is 3.97. The fourth-order valence-electron chi connectivity index (χ4n) is 3.69. The number of carbonyl (C=O) groups excluding carboxylic acids is 1. The highest BCUT2D eigenvalue weighted by Crippen LogP contribution is 2.59. The van der Waals surface area contributed by atoms with Gasteiger partial charge in [-0.3, -0.25) is 9.59 Å². The summed E-state index contributed by atoms with van der Waals surface area (Å²) >= 11 is 0. The lowest BCUT2D eigenvalue weighted by Gasteiger charge is -2.32. The number of carbonyl (C=O) groups is 2. The molecule has 0 aromatic heterocycles. The van der Waals surface area contributed by atoms with E-state index in [0.717, 1.165) is 31.4 Å². The third-order valence-electron chi connectivity index (χ3n) is 5.60. The maximum atomic E-state index is 12.6. The lowest BCUT2D eigenvalue weighted by atomic mass is 9.90. The molecule has 1 N–H and O–H groups in total. The number of amides is 1. The van der Waals surface area contributed by atoms with Crippen LogP contribution in [0.1, 0.15) is 49.9 Å². The van der Waals surface area contributed by atoms with Gasteiger partial charge in [-0.05, 0) is 61.3 Å². The minimum Gasteiger partial charge on any atom is -0.494 e. The Bertz CT molecular complexity index is 630. The molecule has 1 saturated carbocycles. The quantitative estimate of drug-likeness (QED) is 0.858. The average Bonchev–Trinajstić information content (AvgIpc) is 3.29.